The van der Waals surface area contributed by atoms with Crippen LogP contribution in [-0.2, 0) is 6.54 Å². The second kappa shape index (κ2) is 11.4. The largest absolute Gasteiger partial charge is 0.435 e. The summed E-state index contributed by atoms with van der Waals surface area (Å²) in [5.74, 6) is -1.70. The molecule has 1 aromatic carbocycles. The lowest BCUT2D eigenvalue weighted by Gasteiger charge is -2.33. The number of halogens is 2. The number of anilines is 2. The fraction of sp³-hybridized carbons (Fsp3) is 0.379. The van der Waals surface area contributed by atoms with Crippen molar-refractivity contribution in [3.8, 4) is 11.6 Å². The molecule has 2 aliphatic rings. The van der Waals surface area contributed by atoms with Gasteiger partial charge in [0.1, 0.15) is 17.7 Å². The van der Waals surface area contributed by atoms with Gasteiger partial charge in [0.2, 0.25) is 5.88 Å². The van der Waals surface area contributed by atoms with Crippen LogP contribution in [-0.4, -0.2) is 86.4 Å². The van der Waals surface area contributed by atoms with Gasteiger partial charge in [-0.3, -0.25) is 9.69 Å². The highest BCUT2D eigenvalue weighted by Gasteiger charge is 2.30. The van der Waals surface area contributed by atoms with Gasteiger partial charge in [0, 0.05) is 69.2 Å². The van der Waals surface area contributed by atoms with Crippen molar-refractivity contribution in [2.45, 2.75) is 26.8 Å². The van der Waals surface area contributed by atoms with E-state index in [1.807, 2.05) is 12.1 Å². The molecule has 41 heavy (non-hydrogen) atoms. The van der Waals surface area contributed by atoms with E-state index in [1.54, 1.807) is 18.0 Å². The topological polar surface area (TPSA) is 103 Å². The number of aryl methyl sites for hydroxylation is 1. The summed E-state index contributed by atoms with van der Waals surface area (Å²) in [7, 11) is 0. The molecule has 12 heteroatoms. The summed E-state index contributed by atoms with van der Waals surface area (Å²) in [5, 5.41) is 3.16. The maximum absolute atomic E-state index is 15.3. The monoisotopic (exact) mass is 562 g/mol. The lowest BCUT2D eigenvalue weighted by atomic mass is 10.1. The van der Waals surface area contributed by atoms with Gasteiger partial charge in [-0.2, -0.15) is 0 Å². The molecule has 0 aliphatic carbocycles. The van der Waals surface area contributed by atoms with Gasteiger partial charge in [0.15, 0.2) is 23.2 Å². The van der Waals surface area contributed by atoms with Gasteiger partial charge in [-0.25, -0.2) is 23.7 Å². The number of rotatable bonds is 8. The van der Waals surface area contributed by atoms with Crippen LogP contribution in [0.15, 0.2) is 36.8 Å². The molecule has 2 saturated heterocycles. The summed E-state index contributed by atoms with van der Waals surface area (Å²) in [6.07, 6.45) is 3.89. The number of H-pyrrole nitrogens is 1. The van der Waals surface area contributed by atoms with Crippen LogP contribution in [0.1, 0.15) is 35.0 Å². The van der Waals surface area contributed by atoms with Crippen molar-refractivity contribution in [2.24, 2.45) is 0 Å². The summed E-state index contributed by atoms with van der Waals surface area (Å²) in [6.45, 7) is 11.1. The molecule has 214 valence electrons. The summed E-state index contributed by atoms with van der Waals surface area (Å²) >= 11 is 0. The van der Waals surface area contributed by atoms with E-state index >= 15 is 4.39 Å². The summed E-state index contributed by atoms with van der Waals surface area (Å²) in [6, 6.07) is 6.27. The average Bonchev–Trinajstić information content (AvgIpc) is 3.35. The Bertz CT molecular complexity index is 1560. The van der Waals surface area contributed by atoms with Crippen molar-refractivity contribution < 1.29 is 18.3 Å². The second-order valence-electron chi connectivity index (χ2n) is 10.4. The molecule has 2 aliphatic heterocycles. The van der Waals surface area contributed by atoms with Gasteiger partial charge in [-0.15, -0.1) is 0 Å². The first-order valence-corrected chi connectivity index (χ1v) is 13.9. The predicted molar refractivity (Wildman–Crippen MR) is 150 cm³/mol. The number of fused-ring (bicyclic) bond motifs is 1. The van der Waals surface area contributed by atoms with Gasteiger partial charge in [0.25, 0.3) is 5.91 Å². The molecule has 1 amide bonds. The van der Waals surface area contributed by atoms with Gasteiger partial charge < -0.3 is 24.8 Å². The third-order valence-corrected chi connectivity index (χ3v) is 7.67. The Kier molecular flexibility index (Phi) is 7.50. The Balaban J connectivity index is 1.26. The van der Waals surface area contributed by atoms with Crippen LogP contribution in [0.25, 0.3) is 10.9 Å². The van der Waals surface area contributed by atoms with Crippen LogP contribution in [0, 0.1) is 18.6 Å². The number of hydrogen-bond donors (Lipinski definition) is 2. The zero-order valence-electron chi connectivity index (χ0n) is 23.1. The fourth-order valence-corrected chi connectivity index (χ4v) is 5.16. The molecule has 0 radical (unpaired) electrons. The van der Waals surface area contributed by atoms with Crippen molar-refractivity contribution in [3.05, 3.63) is 65.2 Å². The first kappa shape index (κ1) is 27.0. The summed E-state index contributed by atoms with van der Waals surface area (Å²) < 4.78 is 35.9. The van der Waals surface area contributed by atoms with E-state index in [0.29, 0.717) is 24.6 Å². The van der Waals surface area contributed by atoms with Crippen molar-refractivity contribution in [2.75, 3.05) is 51.1 Å². The number of carbonyl (C=O) groups is 1. The number of benzene rings is 1. The number of likely N-dealkylation sites (N-methyl/N-ethyl adjacent to an activating group) is 1. The predicted octanol–water partition coefficient (Wildman–Crippen LogP) is 4.46. The number of nitrogens with zero attached hydrogens (tertiary/aromatic N) is 6. The molecule has 0 spiro atoms. The minimum absolute atomic E-state index is 0.0250. The van der Waals surface area contributed by atoms with E-state index < -0.39 is 11.6 Å². The number of nitrogens with one attached hydrogen (secondary N) is 2. The first-order chi connectivity index (χ1) is 19.9. The van der Waals surface area contributed by atoms with Crippen molar-refractivity contribution >= 4 is 28.4 Å². The quantitative estimate of drug-likeness (QED) is 0.325. The highest BCUT2D eigenvalue weighted by molar-refractivity contribution is 6.02. The van der Waals surface area contributed by atoms with E-state index in [0.717, 1.165) is 57.3 Å². The van der Waals surface area contributed by atoms with Crippen molar-refractivity contribution in [3.63, 3.8) is 0 Å². The highest BCUT2D eigenvalue weighted by Crippen LogP contribution is 2.35. The fourth-order valence-electron chi connectivity index (χ4n) is 5.16. The lowest BCUT2D eigenvalue weighted by Crippen LogP contribution is -2.45. The smallest absolute Gasteiger partial charge is 0.263 e. The molecule has 3 aromatic heterocycles. The number of ether oxygens (including phenoxy) is 1. The second-order valence-corrected chi connectivity index (χ2v) is 10.4. The van der Waals surface area contributed by atoms with E-state index in [4.69, 9.17) is 4.74 Å². The van der Waals surface area contributed by atoms with E-state index in [1.165, 1.54) is 12.4 Å². The van der Waals surface area contributed by atoms with E-state index in [9.17, 15) is 9.18 Å². The molecule has 0 atom stereocenters. The Labute approximate surface area is 236 Å². The first-order valence-electron chi connectivity index (χ1n) is 13.9. The van der Waals surface area contributed by atoms with Gasteiger partial charge >= 0.3 is 0 Å². The molecule has 2 fully saturated rings. The van der Waals surface area contributed by atoms with Gasteiger partial charge in [-0.05, 0) is 37.6 Å². The molecule has 6 rings (SSSR count). The SMILES string of the molecule is CCN1CCN(Cc2ccc(Nc3ncnc(Oc4cc(F)c5[nH]c(C)cc5c4F)c3C(=O)N3CCC3)nc2)CC1. The van der Waals surface area contributed by atoms with Crippen LogP contribution in [0.5, 0.6) is 11.6 Å². The molecular formula is C29H32F2N8O2. The Morgan fingerprint density at radius 2 is 1.83 bits per heavy atom. The number of hydrogen-bond acceptors (Lipinski definition) is 8. The van der Waals surface area contributed by atoms with E-state index in [-0.39, 0.29) is 39.8 Å². The highest BCUT2D eigenvalue weighted by atomic mass is 19.1. The zero-order valence-corrected chi connectivity index (χ0v) is 23.1. The standard InChI is InChI=1S/C29H32F2N8O2/c1-3-37-9-11-38(12-10-37)16-19-5-6-23(32-15-19)36-27-24(29(40)39-7-4-8-39)28(34-17-33-27)41-22-14-21(30)26-20(25(22)31)13-18(2)35-26/h5-6,13-15,17,35H,3-4,7-12,16H2,1-2H3,(H,32,33,34,36). The molecule has 4 aromatic rings. The zero-order chi connectivity index (χ0) is 28.5. The van der Waals surface area contributed by atoms with Crippen LogP contribution >= 0.6 is 0 Å². The molecule has 0 saturated carbocycles. The number of piperazine rings is 1. The van der Waals surface area contributed by atoms with Crippen LogP contribution in [0.4, 0.5) is 20.4 Å². The number of pyridine rings is 1. The number of amides is 1. The number of aromatic nitrogens is 4. The Morgan fingerprint density at radius 3 is 2.51 bits per heavy atom. The normalized spacial score (nSPS) is 16.1. The Hall–Kier alpha value is -4.16. The summed E-state index contributed by atoms with van der Waals surface area (Å²) in [5.41, 5.74) is 1.76. The van der Waals surface area contributed by atoms with Gasteiger partial charge in [-0.1, -0.05) is 13.0 Å². The molecule has 5 heterocycles. The third-order valence-electron chi connectivity index (χ3n) is 7.67. The van der Waals surface area contributed by atoms with Crippen LogP contribution in [0.2, 0.25) is 0 Å². The number of carbonyl (C=O) groups excluding carboxylic acids is 1. The molecular weight excluding hydrogens is 530 g/mol. The Morgan fingerprint density at radius 1 is 1.05 bits per heavy atom. The number of likely N-dealkylation sites (tertiary alicyclic amines) is 1. The average molecular weight is 563 g/mol. The number of aromatic amines is 1. The summed E-state index contributed by atoms with van der Waals surface area (Å²) in [4.78, 5) is 35.7. The maximum Gasteiger partial charge on any atom is 0.263 e. The van der Waals surface area contributed by atoms with Crippen molar-refractivity contribution in [1.29, 1.82) is 0 Å². The minimum Gasteiger partial charge on any atom is -0.435 e. The molecule has 10 nitrogen and oxygen atoms in total. The molecule has 2 N–H and O–H groups in total. The van der Waals surface area contributed by atoms with Crippen molar-refractivity contribution in [1.82, 2.24) is 34.6 Å². The molecule has 0 unspecified atom stereocenters. The lowest BCUT2D eigenvalue weighted by molar-refractivity contribution is 0.0649. The minimum atomic E-state index is -0.755. The van der Waals surface area contributed by atoms with Gasteiger partial charge in [0.05, 0.1) is 5.52 Å². The maximum atomic E-state index is 15.3. The van der Waals surface area contributed by atoms with Crippen LogP contribution in [0.3, 0.4) is 0 Å². The molecule has 0 bridgehead atoms. The van der Waals surface area contributed by atoms with E-state index in [2.05, 4.69) is 42.0 Å². The van der Waals surface area contributed by atoms with Crippen LogP contribution < -0.4 is 10.1 Å². The third kappa shape index (κ3) is 5.57.